The maximum absolute atomic E-state index is 12.2. The molecule has 0 aromatic carbocycles. The van der Waals surface area contributed by atoms with Gasteiger partial charge < -0.3 is 5.32 Å². The van der Waals surface area contributed by atoms with Gasteiger partial charge >= 0.3 is 0 Å². The van der Waals surface area contributed by atoms with Crippen molar-refractivity contribution in [3.8, 4) is 0 Å². The predicted octanol–water partition coefficient (Wildman–Crippen LogP) is 2.03. The van der Waals surface area contributed by atoms with Gasteiger partial charge in [0.2, 0.25) is 0 Å². The van der Waals surface area contributed by atoms with E-state index in [-0.39, 0.29) is 0 Å². The van der Waals surface area contributed by atoms with E-state index in [9.17, 15) is 8.42 Å². The lowest BCUT2D eigenvalue weighted by atomic mass is 10.3. The fourth-order valence-corrected chi connectivity index (χ4v) is 4.40. The quantitative estimate of drug-likeness (QED) is 0.835. The third kappa shape index (κ3) is 3.32. The lowest BCUT2D eigenvalue weighted by Crippen LogP contribution is -2.27. The monoisotopic (exact) mass is 288 g/mol. The molecule has 0 radical (unpaired) electrons. The van der Waals surface area contributed by atoms with Gasteiger partial charge in [0.05, 0.1) is 0 Å². The summed E-state index contributed by atoms with van der Waals surface area (Å²) in [5, 5.41) is 5.32. The average molecular weight is 288 g/mol. The molecule has 18 heavy (non-hydrogen) atoms. The van der Waals surface area contributed by atoms with Crippen LogP contribution < -0.4 is 5.32 Å². The van der Waals surface area contributed by atoms with Crippen LogP contribution in [0.15, 0.2) is 15.7 Å². The van der Waals surface area contributed by atoms with E-state index in [2.05, 4.69) is 5.32 Å². The summed E-state index contributed by atoms with van der Waals surface area (Å²) in [7, 11) is -1.64. The molecule has 0 saturated heterocycles. The van der Waals surface area contributed by atoms with Gasteiger partial charge in [0, 0.05) is 26.2 Å². The summed E-state index contributed by atoms with van der Waals surface area (Å²) in [6, 6.07) is 2.44. The lowest BCUT2D eigenvalue weighted by Gasteiger charge is -2.14. The van der Waals surface area contributed by atoms with Gasteiger partial charge in [0.15, 0.2) is 0 Å². The molecular weight excluding hydrogens is 268 g/mol. The summed E-state index contributed by atoms with van der Waals surface area (Å²) in [5.41, 5.74) is 1.07. The maximum atomic E-state index is 12.2. The van der Waals surface area contributed by atoms with Crippen molar-refractivity contribution in [1.82, 2.24) is 9.62 Å². The van der Waals surface area contributed by atoms with Crippen molar-refractivity contribution in [3.05, 3.63) is 17.0 Å². The molecule has 1 aliphatic carbocycles. The molecule has 1 aromatic rings. The Labute approximate surface area is 113 Å². The summed E-state index contributed by atoms with van der Waals surface area (Å²) in [6.07, 6.45) is 3.32. The van der Waals surface area contributed by atoms with E-state index in [1.165, 1.54) is 28.5 Å². The first-order valence-corrected chi connectivity index (χ1v) is 8.63. The number of thiophene rings is 1. The highest BCUT2D eigenvalue weighted by atomic mass is 32.2. The van der Waals surface area contributed by atoms with Gasteiger partial charge in [-0.25, -0.2) is 12.7 Å². The molecule has 1 heterocycles. The minimum absolute atomic E-state index is 0.450. The first-order chi connectivity index (χ1) is 8.54. The molecule has 0 atom stereocenters. The molecule has 0 spiro atoms. The van der Waals surface area contributed by atoms with E-state index in [1.54, 1.807) is 13.1 Å². The van der Waals surface area contributed by atoms with E-state index in [4.69, 9.17) is 0 Å². The molecule has 0 bridgehead atoms. The Hall–Kier alpha value is -0.430. The second-order valence-corrected chi connectivity index (χ2v) is 7.94. The van der Waals surface area contributed by atoms with E-state index < -0.39 is 10.0 Å². The van der Waals surface area contributed by atoms with Crippen molar-refractivity contribution in [3.63, 3.8) is 0 Å². The van der Waals surface area contributed by atoms with Gasteiger partial charge in [0.1, 0.15) is 4.21 Å². The van der Waals surface area contributed by atoms with Crippen LogP contribution in [0.3, 0.4) is 0 Å². The molecule has 4 nitrogen and oxygen atoms in total. The van der Waals surface area contributed by atoms with E-state index in [0.717, 1.165) is 18.5 Å². The third-order valence-electron chi connectivity index (χ3n) is 3.00. The minimum Gasteiger partial charge on any atom is -0.310 e. The normalized spacial score (nSPS) is 16.4. The largest absolute Gasteiger partial charge is 0.310 e. The molecular formula is C12H20N2O2S2. The topological polar surface area (TPSA) is 49.4 Å². The summed E-state index contributed by atoms with van der Waals surface area (Å²) in [5.74, 6) is 0. The molecule has 1 aromatic heterocycles. The molecule has 0 amide bonds. The lowest BCUT2D eigenvalue weighted by molar-refractivity contribution is 0.470. The first-order valence-electron chi connectivity index (χ1n) is 6.31. The molecule has 1 saturated carbocycles. The summed E-state index contributed by atoms with van der Waals surface area (Å²) >= 11 is 1.31. The highest BCUT2D eigenvalue weighted by molar-refractivity contribution is 7.91. The minimum atomic E-state index is -3.28. The summed E-state index contributed by atoms with van der Waals surface area (Å²) < 4.78 is 26.3. The Bertz CT molecular complexity index is 492. The fourth-order valence-electron chi connectivity index (χ4n) is 1.72. The van der Waals surface area contributed by atoms with Gasteiger partial charge in [-0.05, 0) is 36.3 Å². The van der Waals surface area contributed by atoms with E-state index in [1.807, 2.05) is 12.3 Å². The second kappa shape index (κ2) is 5.69. The number of hydrogen-bond donors (Lipinski definition) is 1. The fraction of sp³-hybridized carbons (Fsp3) is 0.667. The summed E-state index contributed by atoms with van der Waals surface area (Å²) in [4.78, 5) is 0. The smallest absolute Gasteiger partial charge is 0.252 e. The van der Waals surface area contributed by atoms with E-state index in [0.29, 0.717) is 16.8 Å². The molecule has 0 unspecified atom stereocenters. The van der Waals surface area contributed by atoms with Crippen LogP contribution in [0.25, 0.3) is 0 Å². The van der Waals surface area contributed by atoms with Crippen molar-refractivity contribution in [2.45, 2.75) is 43.0 Å². The van der Waals surface area contributed by atoms with Crippen LogP contribution in [0.2, 0.25) is 0 Å². The Morgan fingerprint density at radius 3 is 2.83 bits per heavy atom. The maximum Gasteiger partial charge on any atom is 0.252 e. The predicted molar refractivity (Wildman–Crippen MR) is 74.3 cm³/mol. The van der Waals surface area contributed by atoms with Crippen molar-refractivity contribution in [2.24, 2.45) is 0 Å². The highest BCUT2D eigenvalue weighted by Crippen LogP contribution is 2.25. The van der Waals surface area contributed by atoms with Crippen LogP contribution in [0.1, 0.15) is 31.7 Å². The van der Waals surface area contributed by atoms with E-state index >= 15 is 0 Å². The molecule has 1 N–H and O–H groups in total. The van der Waals surface area contributed by atoms with Crippen LogP contribution in [-0.4, -0.2) is 32.4 Å². The highest BCUT2D eigenvalue weighted by Gasteiger charge is 2.23. The standard InChI is InChI=1S/C12H20N2O2S2/c1-3-6-14(2)18(15,16)12-7-10(9-17-12)8-13-11-4-5-11/h7,9,11,13H,3-6,8H2,1-2H3. The van der Waals surface area contributed by atoms with Gasteiger partial charge in [0.25, 0.3) is 10.0 Å². The second-order valence-electron chi connectivity index (χ2n) is 4.76. The summed E-state index contributed by atoms with van der Waals surface area (Å²) in [6.45, 7) is 3.31. The van der Waals surface area contributed by atoms with Crippen LogP contribution in [0.5, 0.6) is 0 Å². The molecule has 102 valence electrons. The van der Waals surface area contributed by atoms with Crippen molar-refractivity contribution in [2.75, 3.05) is 13.6 Å². The Balaban J connectivity index is 2.03. The number of nitrogens with zero attached hydrogens (tertiary/aromatic N) is 1. The number of rotatable bonds is 7. The van der Waals surface area contributed by atoms with Crippen LogP contribution in [0, 0.1) is 0 Å². The number of nitrogens with one attached hydrogen (secondary N) is 1. The zero-order chi connectivity index (χ0) is 13.2. The molecule has 6 heteroatoms. The molecule has 1 fully saturated rings. The SMILES string of the molecule is CCCN(C)S(=O)(=O)c1cc(CNC2CC2)cs1. The molecule has 2 rings (SSSR count). The average Bonchev–Trinajstić information content (AvgIpc) is 3.03. The third-order valence-corrected chi connectivity index (χ3v) is 6.33. The number of sulfonamides is 1. The van der Waals surface area contributed by atoms with Crippen LogP contribution in [0.4, 0.5) is 0 Å². The van der Waals surface area contributed by atoms with Gasteiger partial charge in [-0.3, -0.25) is 0 Å². The Morgan fingerprint density at radius 2 is 2.22 bits per heavy atom. The van der Waals surface area contributed by atoms with Crippen molar-refractivity contribution >= 4 is 21.4 Å². The Morgan fingerprint density at radius 1 is 1.50 bits per heavy atom. The first kappa shape index (κ1) is 14.0. The van der Waals surface area contributed by atoms with Crippen molar-refractivity contribution < 1.29 is 8.42 Å². The van der Waals surface area contributed by atoms with Gasteiger partial charge in [-0.15, -0.1) is 11.3 Å². The zero-order valence-electron chi connectivity index (χ0n) is 10.8. The Kier molecular flexibility index (Phi) is 4.42. The van der Waals surface area contributed by atoms with Crippen LogP contribution in [-0.2, 0) is 16.6 Å². The van der Waals surface area contributed by atoms with Gasteiger partial charge in [-0.1, -0.05) is 6.92 Å². The zero-order valence-corrected chi connectivity index (χ0v) is 12.5. The van der Waals surface area contributed by atoms with Gasteiger partial charge in [-0.2, -0.15) is 0 Å². The molecule has 0 aliphatic heterocycles. The molecule has 1 aliphatic rings. The van der Waals surface area contributed by atoms with Crippen LogP contribution >= 0.6 is 11.3 Å². The van der Waals surface area contributed by atoms with Crippen molar-refractivity contribution in [1.29, 1.82) is 0 Å². The number of hydrogen-bond acceptors (Lipinski definition) is 4.